The fourth-order valence-corrected chi connectivity index (χ4v) is 4.47. The monoisotopic (exact) mass is 344 g/mol. The van der Waals surface area contributed by atoms with Gasteiger partial charge in [-0.25, -0.2) is 0 Å². The number of benzene rings is 1. The van der Waals surface area contributed by atoms with Crippen LogP contribution in [0.2, 0.25) is 0 Å². The number of rotatable bonds is 10. The predicted octanol–water partition coefficient (Wildman–Crippen LogP) is 4.40. The van der Waals surface area contributed by atoms with E-state index in [9.17, 15) is 5.11 Å². The van der Waals surface area contributed by atoms with Gasteiger partial charge in [0.15, 0.2) is 0 Å². The molecular formula is C22H32O3. The molecule has 2 aliphatic rings. The molecule has 0 spiro atoms. The van der Waals surface area contributed by atoms with Crippen molar-refractivity contribution >= 4 is 0 Å². The van der Waals surface area contributed by atoms with E-state index in [0.29, 0.717) is 30.7 Å². The molecule has 2 N–H and O–H groups in total. The minimum absolute atomic E-state index is 0.316. The van der Waals surface area contributed by atoms with Gasteiger partial charge < -0.3 is 14.9 Å². The van der Waals surface area contributed by atoms with Crippen molar-refractivity contribution in [3.8, 4) is 0 Å². The summed E-state index contributed by atoms with van der Waals surface area (Å²) in [5.41, 5.74) is 0.947. The van der Waals surface area contributed by atoms with Gasteiger partial charge in [-0.15, -0.1) is 0 Å². The van der Waals surface area contributed by atoms with Crippen LogP contribution in [0.4, 0.5) is 0 Å². The zero-order chi connectivity index (χ0) is 17.5. The van der Waals surface area contributed by atoms with Gasteiger partial charge in [0.05, 0.1) is 18.3 Å². The van der Waals surface area contributed by atoms with Gasteiger partial charge in [-0.05, 0) is 37.2 Å². The van der Waals surface area contributed by atoms with Crippen molar-refractivity contribution in [3.63, 3.8) is 0 Å². The Morgan fingerprint density at radius 1 is 1.00 bits per heavy atom. The van der Waals surface area contributed by atoms with Crippen molar-refractivity contribution < 1.29 is 14.9 Å². The molecule has 0 aromatic heterocycles. The predicted molar refractivity (Wildman–Crippen MR) is 100 cm³/mol. The third-order valence-corrected chi connectivity index (χ3v) is 5.84. The molecule has 3 heteroatoms. The van der Waals surface area contributed by atoms with Gasteiger partial charge in [0.2, 0.25) is 0 Å². The lowest BCUT2D eigenvalue weighted by Crippen LogP contribution is -2.25. The summed E-state index contributed by atoms with van der Waals surface area (Å²) in [6, 6.07) is 9.84. The molecule has 0 aliphatic carbocycles. The molecule has 2 fully saturated rings. The Hall–Kier alpha value is -1.16. The molecule has 2 saturated heterocycles. The van der Waals surface area contributed by atoms with Crippen molar-refractivity contribution in [1.29, 1.82) is 0 Å². The second-order valence-electron chi connectivity index (χ2n) is 7.55. The first kappa shape index (κ1) is 18.6. The summed E-state index contributed by atoms with van der Waals surface area (Å²) in [5.74, 6) is 1.06. The van der Waals surface area contributed by atoms with Gasteiger partial charge in [-0.3, -0.25) is 0 Å². The molecule has 0 amide bonds. The highest BCUT2D eigenvalue weighted by Crippen LogP contribution is 2.46. The van der Waals surface area contributed by atoms with Gasteiger partial charge in [-0.2, -0.15) is 0 Å². The maximum Gasteiger partial charge on any atom is 0.0971 e. The number of ether oxygens (including phenoxy) is 1. The Balaban J connectivity index is 1.51. The van der Waals surface area contributed by atoms with Crippen molar-refractivity contribution in [2.24, 2.45) is 11.8 Å². The summed E-state index contributed by atoms with van der Waals surface area (Å²) in [4.78, 5) is 0. The average Bonchev–Trinajstić information content (AvgIpc) is 3.25. The highest BCUT2D eigenvalue weighted by atomic mass is 16.5. The van der Waals surface area contributed by atoms with Gasteiger partial charge in [0, 0.05) is 12.5 Å². The zero-order valence-corrected chi connectivity index (χ0v) is 15.1. The van der Waals surface area contributed by atoms with E-state index in [1.54, 1.807) is 0 Å². The Kier molecular flexibility index (Phi) is 7.09. The molecule has 0 radical (unpaired) electrons. The van der Waals surface area contributed by atoms with Crippen molar-refractivity contribution in [2.75, 3.05) is 6.61 Å². The molecule has 2 heterocycles. The summed E-state index contributed by atoms with van der Waals surface area (Å²) < 4.78 is 6.17. The Labute approximate surface area is 151 Å². The summed E-state index contributed by atoms with van der Waals surface area (Å²) in [5, 5.41) is 19.2. The standard InChI is InChI=1S/C22H32O3/c23-16-8-3-1-2-7-11-18-19(22-15-14-21(18)25-22)12-13-20(24)17-9-5-4-6-10-17/h4-6,9-10,12-13,18-24H,1-3,7-8,11,14-16H2. The first-order valence-electron chi connectivity index (χ1n) is 9.97. The molecule has 1 aromatic carbocycles. The topological polar surface area (TPSA) is 49.7 Å². The Morgan fingerprint density at radius 2 is 1.72 bits per heavy atom. The number of hydrogen-bond acceptors (Lipinski definition) is 3. The Morgan fingerprint density at radius 3 is 2.52 bits per heavy atom. The van der Waals surface area contributed by atoms with Gasteiger partial charge >= 0.3 is 0 Å². The quantitative estimate of drug-likeness (QED) is 0.488. The molecule has 5 unspecified atom stereocenters. The molecule has 1 aromatic rings. The minimum atomic E-state index is -0.528. The molecule has 2 bridgehead atoms. The highest BCUT2D eigenvalue weighted by molar-refractivity contribution is 5.21. The molecule has 2 aliphatic heterocycles. The molecule has 25 heavy (non-hydrogen) atoms. The van der Waals surface area contributed by atoms with E-state index >= 15 is 0 Å². The van der Waals surface area contributed by atoms with Crippen LogP contribution in [0.1, 0.15) is 63.0 Å². The smallest absolute Gasteiger partial charge is 0.0971 e. The van der Waals surface area contributed by atoms with Gasteiger partial charge in [-0.1, -0.05) is 68.2 Å². The zero-order valence-electron chi connectivity index (χ0n) is 15.1. The van der Waals surface area contributed by atoms with Crippen LogP contribution in [0, 0.1) is 11.8 Å². The minimum Gasteiger partial charge on any atom is -0.396 e. The lowest BCUT2D eigenvalue weighted by Gasteiger charge is -2.26. The number of aliphatic hydroxyl groups is 2. The largest absolute Gasteiger partial charge is 0.396 e. The third-order valence-electron chi connectivity index (χ3n) is 5.84. The van der Waals surface area contributed by atoms with Crippen molar-refractivity contribution in [3.05, 3.63) is 48.0 Å². The fraction of sp³-hybridized carbons (Fsp3) is 0.636. The summed E-state index contributed by atoms with van der Waals surface area (Å²) >= 11 is 0. The SMILES string of the molecule is OCCCCCCCC1C2CCC(O2)C1C=CC(O)c1ccccc1. The van der Waals surface area contributed by atoms with Crippen molar-refractivity contribution in [1.82, 2.24) is 0 Å². The second kappa shape index (κ2) is 9.51. The van der Waals surface area contributed by atoms with Crippen LogP contribution >= 0.6 is 0 Å². The highest BCUT2D eigenvalue weighted by Gasteiger charge is 2.47. The maximum absolute atomic E-state index is 10.4. The molecule has 3 nitrogen and oxygen atoms in total. The maximum atomic E-state index is 10.4. The van der Waals surface area contributed by atoms with Crippen LogP contribution in [0.3, 0.4) is 0 Å². The van der Waals surface area contributed by atoms with Gasteiger partial charge in [0.1, 0.15) is 0 Å². The van der Waals surface area contributed by atoms with E-state index in [1.807, 2.05) is 36.4 Å². The summed E-state index contributed by atoms with van der Waals surface area (Å²) in [6.07, 6.45) is 13.8. The van der Waals surface area contributed by atoms with E-state index in [4.69, 9.17) is 9.84 Å². The lowest BCUT2D eigenvalue weighted by atomic mass is 9.76. The molecule has 138 valence electrons. The second-order valence-corrected chi connectivity index (χ2v) is 7.55. The molecule has 0 saturated carbocycles. The Bertz CT molecular complexity index is 527. The summed E-state index contributed by atoms with van der Waals surface area (Å²) in [6.45, 7) is 0.316. The van der Waals surface area contributed by atoms with Crippen LogP contribution in [-0.4, -0.2) is 29.0 Å². The van der Waals surface area contributed by atoms with Crippen LogP contribution < -0.4 is 0 Å². The average molecular weight is 344 g/mol. The first-order chi connectivity index (χ1) is 12.3. The van der Waals surface area contributed by atoms with E-state index < -0.39 is 6.10 Å². The van der Waals surface area contributed by atoms with Crippen molar-refractivity contribution in [2.45, 2.75) is 69.7 Å². The van der Waals surface area contributed by atoms with Crippen LogP contribution in [-0.2, 0) is 4.74 Å². The number of aliphatic hydroxyl groups excluding tert-OH is 2. The van der Waals surface area contributed by atoms with E-state index in [-0.39, 0.29) is 0 Å². The summed E-state index contributed by atoms with van der Waals surface area (Å²) in [7, 11) is 0. The first-order valence-corrected chi connectivity index (χ1v) is 9.97. The fourth-order valence-electron chi connectivity index (χ4n) is 4.47. The van der Waals surface area contributed by atoms with Crippen LogP contribution in [0.25, 0.3) is 0 Å². The number of fused-ring (bicyclic) bond motifs is 2. The number of hydrogen-bond donors (Lipinski definition) is 2. The molecular weight excluding hydrogens is 312 g/mol. The van der Waals surface area contributed by atoms with Crippen LogP contribution in [0.15, 0.2) is 42.5 Å². The third kappa shape index (κ3) is 4.93. The van der Waals surface area contributed by atoms with E-state index in [0.717, 1.165) is 24.8 Å². The molecule has 5 atom stereocenters. The molecule has 3 rings (SSSR count). The number of unbranched alkanes of at least 4 members (excludes halogenated alkanes) is 4. The van der Waals surface area contributed by atoms with E-state index in [1.165, 1.54) is 32.1 Å². The van der Waals surface area contributed by atoms with E-state index in [2.05, 4.69) is 6.08 Å². The lowest BCUT2D eigenvalue weighted by molar-refractivity contribution is 0.0884. The van der Waals surface area contributed by atoms with Crippen LogP contribution in [0.5, 0.6) is 0 Å². The van der Waals surface area contributed by atoms with Gasteiger partial charge in [0.25, 0.3) is 0 Å². The normalized spacial score (nSPS) is 29.5.